The third-order valence-corrected chi connectivity index (χ3v) is 4.78. The first-order valence-corrected chi connectivity index (χ1v) is 8.78. The molecule has 1 fully saturated rings. The molecule has 20 heavy (non-hydrogen) atoms. The second kappa shape index (κ2) is 8.87. The van der Waals surface area contributed by atoms with E-state index in [-0.39, 0.29) is 5.54 Å². The molecule has 0 spiro atoms. The summed E-state index contributed by atoms with van der Waals surface area (Å²) in [7, 11) is 0. The summed E-state index contributed by atoms with van der Waals surface area (Å²) < 4.78 is 0. The Morgan fingerprint density at radius 1 is 1.10 bits per heavy atom. The molecule has 1 heteroatoms. The van der Waals surface area contributed by atoms with Gasteiger partial charge >= 0.3 is 0 Å². The highest BCUT2D eigenvalue weighted by Crippen LogP contribution is 2.36. The molecule has 1 saturated carbocycles. The molecule has 0 aliphatic heterocycles. The summed E-state index contributed by atoms with van der Waals surface area (Å²) in [5.74, 6) is 2.81. The Balaban J connectivity index is 2.34. The van der Waals surface area contributed by atoms with E-state index in [9.17, 15) is 0 Å². The summed E-state index contributed by atoms with van der Waals surface area (Å²) in [5, 5.41) is 3.73. The summed E-state index contributed by atoms with van der Waals surface area (Å²) in [5.41, 5.74) is 0.261. The van der Waals surface area contributed by atoms with Gasteiger partial charge in [0, 0.05) is 5.54 Å². The second-order valence-corrected chi connectivity index (χ2v) is 8.00. The lowest BCUT2D eigenvalue weighted by Gasteiger charge is -2.37. The first kappa shape index (κ1) is 17.8. The van der Waals surface area contributed by atoms with Crippen LogP contribution in [0.3, 0.4) is 0 Å². The van der Waals surface area contributed by atoms with E-state index >= 15 is 0 Å². The van der Waals surface area contributed by atoms with Crippen LogP contribution >= 0.6 is 0 Å². The smallest absolute Gasteiger partial charge is 0.00966 e. The molecule has 0 aromatic rings. The van der Waals surface area contributed by atoms with Crippen molar-refractivity contribution >= 4 is 0 Å². The first-order chi connectivity index (χ1) is 9.42. The number of rotatable bonds is 8. The molecule has 0 heterocycles. The molecule has 0 bridgehead atoms. The van der Waals surface area contributed by atoms with Crippen LogP contribution in [-0.2, 0) is 0 Å². The van der Waals surface area contributed by atoms with Crippen LogP contribution in [0.4, 0.5) is 0 Å². The molecule has 1 nitrogen and oxygen atoms in total. The van der Waals surface area contributed by atoms with Gasteiger partial charge in [-0.05, 0) is 70.8 Å². The molecule has 0 saturated heterocycles. The van der Waals surface area contributed by atoms with Crippen molar-refractivity contribution in [1.29, 1.82) is 0 Å². The van der Waals surface area contributed by atoms with Gasteiger partial charge in [0.1, 0.15) is 0 Å². The van der Waals surface area contributed by atoms with Gasteiger partial charge < -0.3 is 5.32 Å². The zero-order valence-corrected chi connectivity index (χ0v) is 14.4. The molecule has 0 aromatic heterocycles. The minimum atomic E-state index is 0.261. The number of allylic oxidation sites excluding steroid dienone is 1. The maximum atomic E-state index is 3.81. The minimum Gasteiger partial charge on any atom is -0.312 e. The Kier molecular flexibility index (Phi) is 7.87. The molecular weight excluding hydrogens is 242 g/mol. The van der Waals surface area contributed by atoms with Gasteiger partial charge in [0.15, 0.2) is 0 Å². The van der Waals surface area contributed by atoms with E-state index in [2.05, 4.69) is 45.7 Å². The average molecular weight is 280 g/mol. The standard InChI is InChI=1S/C19H37N/c1-6-7-8-9-10-11-17-14-16(2)12-13-18(17)15-20-19(3,4)5/h6,16-18,20H,1,7-15H2,2-5H3. The van der Waals surface area contributed by atoms with Crippen molar-refractivity contribution in [2.45, 2.75) is 84.6 Å². The Labute approximate surface area is 127 Å². The van der Waals surface area contributed by atoms with E-state index in [4.69, 9.17) is 0 Å². The zero-order chi connectivity index (χ0) is 15.0. The predicted octanol–water partition coefficient (Wildman–Crippen LogP) is 5.56. The van der Waals surface area contributed by atoms with Crippen LogP contribution in [0.5, 0.6) is 0 Å². The Bertz CT molecular complexity index is 263. The number of hydrogen-bond acceptors (Lipinski definition) is 1. The van der Waals surface area contributed by atoms with Gasteiger partial charge in [-0.3, -0.25) is 0 Å². The number of nitrogens with one attached hydrogen (secondary N) is 1. The van der Waals surface area contributed by atoms with Crippen LogP contribution in [0, 0.1) is 17.8 Å². The van der Waals surface area contributed by atoms with Crippen molar-refractivity contribution in [2.75, 3.05) is 6.54 Å². The summed E-state index contributed by atoms with van der Waals surface area (Å²) in [6, 6.07) is 0. The van der Waals surface area contributed by atoms with Crippen LogP contribution in [0.2, 0.25) is 0 Å². The third kappa shape index (κ3) is 7.47. The largest absolute Gasteiger partial charge is 0.312 e. The highest BCUT2D eigenvalue weighted by molar-refractivity contribution is 4.82. The van der Waals surface area contributed by atoms with Crippen molar-refractivity contribution in [3.05, 3.63) is 12.7 Å². The van der Waals surface area contributed by atoms with Gasteiger partial charge in [0.05, 0.1) is 0 Å². The maximum Gasteiger partial charge on any atom is 0.00966 e. The third-order valence-electron chi connectivity index (χ3n) is 4.78. The number of hydrogen-bond donors (Lipinski definition) is 1. The fraction of sp³-hybridized carbons (Fsp3) is 0.895. The van der Waals surface area contributed by atoms with Crippen molar-refractivity contribution in [2.24, 2.45) is 17.8 Å². The molecular formula is C19H37N. The molecule has 0 amide bonds. The normalized spacial score (nSPS) is 27.5. The van der Waals surface area contributed by atoms with Crippen LogP contribution in [-0.4, -0.2) is 12.1 Å². The summed E-state index contributed by atoms with van der Waals surface area (Å²) >= 11 is 0. The van der Waals surface area contributed by atoms with Crippen LogP contribution in [0.25, 0.3) is 0 Å². The van der Waals surface area contributed by atoms with Crippen LogP contribution < -0.4 is 5.32 Å². The molecule has 1 aliphatic rings. The van der Waals surface area contributed by atoms with Gasteiger partial charge in [-0.25, -0.2) is 0 Å². The van der Waals surface area contributed by atoms with Gasteiger partial charge in [-0.15, -0.1) is 6.58 Å². The molecule has 0 radical (unpaired) electrons. The van der Waals surface area contributed by atoms with Gasteiger partial charge in [0.25, 0.3) is 0 Å². The van der Waals surface area contributed by atoms with E-state index < -0.39 is 0 Å². The Morgan fingerprint density at radius 2 is 1.85 bits per heavy atom. The quantitative estimate of drug-likeness (QED) is 0.453. The summed E-state index contributed by atoms with van der Waals surface area (Å²) in [4.78, 5) is 0. The Hall–Kier alpha value is -0.300. The van der Waals surface area contributed by atoms with E-state index in [1.165, 1.54) is 57.9 Å². The van der Waals surface area contributed by atoms with Crippen LogP contribution in [0.15, 0.2) is 12.7 Å². The maximum absolute atomic E-state index is 3.81. The highest BCUT2D eigenvalue weighted by Gasteiger charge is 2.28. The molecule has 1 aliphatic carbocycles. The van der Waals surface area contributed by atoms with E-state index in [1.807, 2.05) is 0 Å². The SMILES string of the molecule is C=CCCCCCC1CC(C)CCC1CNC(C)(C)C. The fourth-order valence-corrected chi connectivity index (χ4v) is 3.49. The van der Waals surface area contributed by atoms with Crippen molar-refractivity contribution in [1.82, 2.24) is 5.32 Å². The fourth-order valence-electron chi connectivity index (χ4n) is 3.49. The van der Waals surface area contributed by atoms with E-state index in [1.54, 1.807) is 0 Å². The molecule has 3 unspecified atom stereocenters. The molecule has 1 N–H and O–H groups in total. The monoisotopic (exact) mass is 279 g/mol. The van der Waals surface area contributed by atoms with Gasteiger partial charge in [-0.2, -0.15) is 0 Å². The molecule has 118 valence electrons. The van der Waals surface area contributed by atoms with E-state index in [0.29, 0.717) is 0 Å². The van der Waals surface area contributed by atoms with Crippen molar-refractivity contribution in [3.8, 4) is 0 Å². The zero-order valence-electron chi connectivity index (χ0n) is 14.4. The molecule has 3 atom stereocenters. The van der Waals surface area contributed by atoms with Crippen molar-refractivity contribution < 1.29 is 0 Å². The number of unbranched alkanes of at least 4 members (excludes halogenated alkanes) is 3. The lowest BCUT2D eigenvalue weighted by molar-refractivity contribution is 0.163. The molecule has 1 rings (SSSR count). The second-order valence-electron chi connectivity index (χ2n) is 8.00. The van der Waals surface area contributed by atoms with Crippen LogP contribution in [0.1, 0.15) is 79.1 Å². The summed E-state index contributed by atoms with van der Waals surface area (Å²) in [6.45, 7) is 14.3. The van der Waals surface area contributed by atoms with Gasteiger partial charge in [-0.1, -0.05) is 38.7 Å². The first-order valence-electron chi connectivity index (χ1n) is 8.78. The Morgan fingerprint density at radius 3 is 2.50 bits per heavy atom. The van der Waals surface area contributed by atoms with Gasteiger partial charge in [0.2, 0.25) is 0 Å². The average Bonchev–Trinajstić information content (AvgIpc) is 2.36. The predicted molar refractivity (Wildman–Crippen MR) is 91.0 cm³/mol. The lowest BCUT2D eigenvalue weighted by atomic mass is 9.72. The van der Waals surface area contributed by atoms with Crippen molar-refractivity contribution in [3.63, 3.8) is 0 Å². The minimum absolute atomic E-state index is 0.261. The topological polar surface area (TPSA) is 12.0 Å². The lowest BCUT2D eigenvalue weighted by Crippen LogP contribution is -2.42. The highest BCUT2D eigenvalue weighted by atomic mass is 14.9. The summed E-state index contributed by atoms with van der Waals surface area (Å²) in [6.07, 6.45) is 13.1. The molecule has 0 aromatic carbocycles. The van der Waals surface area contributed by atoms with E-state index in [0.717, 1.165) is 17.8 Å².